The van der Waals surface area contributed by atoms with Gasteiger partial charge >= 0.3 is 0 Å². The Balaban J connectivity index is 4.28. The molecule has 0 spiro atoms. The number of ether oxygens (including phenoxy) is 2. The topological polar surface area (TPSA) is 18.5 Å². The van der Waals surface area contributed by atoms with E-state index in [0.717, 1.165) is 6.42 Å². The monoisotopic (exact) mass is 342 g/mol. The van der Waals surface area contributed by atoms with Crippen molar-refractivity contribution in [2.75, 3.05) is 14.2 Å². The summed E-state index contributed by atoms with van der Waals surface area (Å²) in [6.45, 7) is 6.76. The van der Waals surface area contributed by atoms with Crippen molar-refractivity contribution in [3.8, 4) is 0 Å². The van der Waals surface area contributed by atoms with Crippen molar-refractivity contribution in [2.24, 2.45) is 5.92 Å². The SMILES string of the molecule is CCCCCCCCC(CCCCCCCC)C(CC)(OC)OC. The Hall–Kier alpha value is -0.0800. The van der Waals surface area contributed by atoms with E-state index in [9.17, 15) is 0 Å². The number of rotatable bonds is 18. The van der Waals surface area contributed by atoms with Crippen molar-refractivity contribution in [1.82, 2.24) is 0 Å². The molecule has 0 aromatic heterocycles. The summed E-state index contributed by atoms with van der Waals surface area (Å²) in [6.07, 6.45) is 19.8. The summed E-state index contributed by atoms with van der Waals surface area (Å²) in [6, 6.07) is 0. The second-order valence-corrected chi connectivity index (χ2v) is 7.38. The van der Waals surface area contributed by atoms with E-state index in [0.29, 0.717) is 5.92 Å². The molecule has 0 N–H and O–H groups in total. The summed E-state index contributed by atoms with van der Waals surface area (Å²) in [7, 11) is 3.64. The van der Waals surface area contributed by atoms with Crippen LogP contribution >= 0.6 is 0 Å². The maximum Gasteiger partial charge on any atom is 0.170 e. The van der Waals surface area contributed by atoms with Crippen LogP contribution < -0.4 is 0 Å². The Morgan fingerprint density at radius 3 is 1.29 bits per heavy atom. The minimum Gasteiger partial charge on any atom is -0.353 e. The van der Waals surface area contributed by atoms with Gasteiger partial charge in [-0.1, -0.05) is 97.8 Å². The van der Waals surface area contributed by atoms with Crippen molar-refractivity contribution in [2.45, 2.75) is 123 Å². The number of unbranched alkanes of at least 4 members (excludes halogenated alkanes) is 10. The van der Waals surface area contributed by atoms with Crippen molar-refractivity contribution in [3.05, 3.63) is 0 Å². The maximum atomic E-state index is 5.87. The van der Waals surface area contributed by atoms with E-state index < -0.39 is 0 Å². The molecule has 2 nitrogen and oxygen atoms in total. The van der Waals surface area contributed by atoms with Crippen LogP contribution in [0.5, 0.6) is 0 Å². The van der Waals surface area contributed by atoms with Gasteiger partial charge in [-0.3, -0.25) is 0 Å². The molecule has 0 aromatic rings. The summed E-state index contributed by atoms with van der Waals surface area (Å²) in [4.78, 5) is 0. The van der Waals surface area contributed by atoms with Gasteiger partial charge in [0.1, 0.15) is 0 Å². The fourth-order valence-corrected chi connectivity index (χ4v) is 3.92. The first-order valence-corrected chi connectivity index (χ1v) is 10.8. The first-order valence-electron chi connectivity index (χ1n) is 10.8. The first kappa shape index (κ1) is 23.9. The van der Waals surface area contributed by atoms with Crippen LogP contribution in [0.15, 0.2) is 0 Å². The van der Waals surface area contributed by atoms with E-state index in [1.54, 1.807) is 0 Å². The molecule has 0 bridgehead atoms. The predicted molar refractivity (Wildman–Crippen MR) is 107 cm³/mol. The number of hydrogen-bond donors (Lipinski definition) is 0. The average Bonchev–Trinajstić information content (AvgIpc) is 2.62. The fraction of sp³-hybridized carbons (Fsp3) is 1.00. The average molecular weight is 343 g/mol. The Morgan fingerprint density at radius 2 is 0.958 bits per heavy atom. The van der Waals surface area contributed by atoms with Crippen LogP contribution in [-0.2, 0) is 9.47 Å². The van der Waals surface area contributed by atoms with Crippen LogP contribution in [0.4, 0.5) is 0 Å². The first-order chi connectivity index (χ1) is 11.7. The minimum atomic E-state index is -0.368. The molecule has 24 heavy (non-hydrogen) atoms. The lowest BCUT2D eigenvalue weighted by molar-refractivity contribution is -0.244. The van der Waals surface area contributed by atoms with E-state index in [1.165, 1.54) is 89.9 Å². The Bertz CT molecular complexity index is 224. The molecule has 146 valence electrons. The van der Waals surface area contributed by atoms with Crippen LogP contribution in [0.1, 0.15) is 117 Å². The third-order valence-electron chi connectivity index (χ3n) is 5.62. The van der Waals surface area contributed by atoms with Crippen LogP contribution in [0, 0.1) is 5.92 Å². The van der Waals surface area contributed by atoms with Crippen molar-refractivity contribution < 1.29 is 9.47 Å². The number of hydrogen-bond acceptors (Lipinski definition) is 2. The summed E-state index contributed by atoms with van der Waals surface area (Å²) in [5.41, 5.74) is 0. The third kappa shape index (κ3) is 10.0. The van der Waals surface area contributed by atoms with Crippen molar-refractivity contribution >= 4 is 0 Å². The molecule has 0 heterocycles. The zero-order chi connectivity index (χ0) is 18.1. The second kappa shape index (κ2) is 16.4. The zero-order valence-electron chi connectivity index (χ0n) is 17.5. The number of methoxy groups -OCH3 is 2. The molecule has 0 atom stereocenters. The summed E-state index contributed by atoms with van der Waals surface area (Å²) in [5, 5.41) is 0. The predicted octanol–water partition coefficient (Wildman–Crippen LogP) is 7.50. The van der Waals surface area contributed by atoms with E-state index in [4.69, 9.17) is 9.47 Å². The van der Waals surface area contributed by atoms with Gasteiger partial charge in [0.05, 0.1) is 0 Å². The Kier molecular flexibility index (Phi) is 16.3. The van der Waals surface area contributed by atoms with Crippen LogP contribution in [0.2, 0.25) is 0 Å². The molecule has 0 aromatic carbocycles. The van der Waals surface area contributed by atoms with Crippen molar-refractivity contribution in [1.29, 1.82) is 0 Å². The van der Waals surface area contributed by atoms with Gasteiger partial charge in [-0.25, -0.2) is 0 Å². The second-order valence-electron chi connectivity index (χ2n) is 7.38. The van der Waals surface area contributed by atoms with E-state index in [-0.39, 0.29) is 5.79 Å². The molecule has 0 fully saturated rings. The molecular formula is C22H46O2. The van der Waals surface area contributed by atoms with Gasteiger partial charge in [0.25, 0.3) is 0 Å². The lowest BCUT2D eigenvalue weighted by Crippen LogP contribution is -2.41. The summed E-state index contributed by atoms with van der Waals surface area (Å²) >= 11 is 0. The van der Waals surface area contributed by atoms with Crippen LogP contribution in [-0.4, -0.2) is 20.0 Å². The van der Waals surface area contributed by atoms with Gasteiger partial charge in [-0.05, 0) is 19.3 Å². The summed E-state index contributed by atoms with van der Waals surface area (Å²) in [5.74, 6) is 0.169. The largest absolute Gasteiger partial charge is 0.353 e. The highest BCUT2D eigenvalue weighted by Crippen LogP contribution is 2.34. The highest BCUT2D eigenvalue weighted by molar-refractivity contribution is 4.78. The highest BCUT2D eigenvalue weighted by Gasteiger charge is 2.36. The maximum absolute atomic E-state index is 5.87. The van der Waals surface area contributed by atoms with E-state index >= 15 is 0 Å². The fourth-order valence-electron chi connectivity index (χ4n) is 3.92. The molecule has 0 unspecified atom stereocenters. The molecule has 0 aliphatic rings. The molecule has 0 amide bonds. The quantitative estimate of drug-likeness (QED) is 0.189. The molecule has 2 heteroatoms. The van der Waals surface area contributed by atoms with Crippen molar-refractivity contribution in [3.63, 3.8) is 0 Å². The van der Waals surface area contributed by atoms with E-state index in [2.05, 4.69) is 20.8 Å². The van der Waals surface area contributed by atoms with Gasteiger partial charge in [-0.2, -0.15) is 0 Å². The Morgan fingerprint density at radius 1 is 0.583 bits per heavy atom. The standard InChI is InChI=1S/C22H46O2/c1-6-9-11-13-15-17-19-21(22(8-3,23-4)24-5)20-18-16-14-12-10-7-2/h21H,6-20H2,1-5H3. The molecule has 0 saturated carbocycles. The summed E-state index contributed by atoms with van der Waals surface area (Å²) < 4.78 is 11.7. The van der Waals surface area contributed by atoms with Gasteiger partial charge in [-0.15, -0.1) is 0 Å². The molecule has 0 rings (SSSR count). The van der Waals surface area contributed by atoms with Crippen LogP contribution in [0.25, 0.3) is 0 Å². The smallest absolute Gasteiger partial charge is 0.170 e. The van der Waals surface area contributed by atoms with E-state index in [1.807, 2.05) is 14.2 Å². The molecule has 0 saturated heterocycles. The van der Waals surface area contributed by atoms with Gasteiger partial charge in [0.15, 0.2) is 5.79 Å². The molecule has 0 aliphatic carbocycles. The van der Waals surface area contributed by atoms with Gasteiger partial charge in [0.2, 0.25) is 0 Å². The molecule has 0 aliphatic heterocycles. The molecule has 0 radical (unpaired) electrons. The lowest BCUT2D eigenvalue weighted by Gasteiger charge is -2.38. The minimum absolute atomic E-state index is 0.368. The zero-order valence-corrected chi connectivity index (χ0v) is 17.5. The highest BCUT2D eigenvalue weighted by atomic mass is 16.7. The molecular weight excluding hydrogens is 296 g/mol. The van der Waals surface area contributed by atoms with Gasteiger partial charge in [0, 0.05) is 20.1 Å². The Labute approximate surface area is 153 Å². The van der Waals surface area contributed by atoms with Gasteiger partial charge < -0.3 is 9.47 Å². The van der Waals surface area contributed by atoms with Crippen LogP contribution in [0.3, 0.4) is 0 Å². The third-order valence-corrected chi connectivity index (χ3v) is 5.62. The lowest BCUT2D eigenvalue weighted by atomic mass is 9.85. The normalized spacial score (nSPS) is 12.2.